The molecule has 2 heterocycles. The Hall–Kier alpha value is -3.82. The second kappa shape index (κ2) is 9.00. The van der Waals surface area contributed by atoms with Gasteiger partial charge in [-0.25, -0.2) is 0 Å². The SMILES string of the molecule is COc1cc(OC)cc(-c2nn(-c3cc(N4CCCC4=O)ccc3C(F)(F)F)c(=O)c3c2CCC3)c1. The summed E-state index contributed by atoms with van der Waals surface area (Å²) in [6.07, 6.45) is -2.07. The fraction of sp³-hybridized carbons (Fsp3) is 0.346. The monoisotopic (exact) mass is 499 g/mol. The number of fused-ring (bicyclic) bond motifs is 1. The Morgan fingerprint density at radius 1 is 0.889 bits per heavy atom. The van der Waals surface area contributed by atoms with Gasteiger partial charge in [0.25, 0.3) is 5.56 Å². The van der Waals surface area contributed by atoms with Crippen molar-refractivity contribution < 1.29 is 27.4 Å². The molecule has 1 saturated heterocycles. The van der Waals surface area contributed by atoms with E-state index in [1.807, 2.05) is 0 Å². The number of benzene rings is 2. The molecule has 10 heteroatoms. The van der Waals surface area contributed by atoms with E-state index in [-0.39, 0.29) is 5.91 Å². The number of anilines is 1. The molecule has 2 aromatic carbocycles. The summed E-state index contributed by atoms with van der Waals surface area (Å²) in [6, 6.07) is 8.51. The summed E-state index contributed by atoms with van der Waals surface area (Å²) in [5, 5.41) is 4.49. The second-order valence-corrected chi connectivity index (χ2v) is 8.83. The molecule has 36 heavy (non-hydrogen) atoms. The van der Waals surface area contributed by atoms with Crippen molar-refractivity contribution in [3.63, 3.8) is 0 Å². The molecule has 2 aliphatic rings. The van der Waals surface area contributed by atoms with Crippen molar-refractivity contribution in [1.82, 2.24) is 9.78 Å². The van der Waals surface area contributed by atoms with Gasteiger partial charge >= 0.3 is 6.18 Å². The number of rotatable bonds is 5. The van der Waals surface area contributed by atoms with Gasteiger partial charge in [-0.15, -0.1) is 0 Å². The largest absolute Gasteiger partial charge is 0.497 e. The smallest absolute Gasteiger partial charge is 0.418 e. The highest BCUT2D eigenvalue weighted by Gasteiger charge is 2.36. The zero-order valence-corrected chi connectivity index (χ0v) is 19.8. The van der Waals surface area contributed by atoms with Gasteiger partial charge in [0.1, 0.15) is 11.5 Å². The van der Waals surface area contributed by atoms with Crippen molar-refractivity contribution in [1.29, 1.82) is 0 Å². The number of hydrogen-bond acceptors (Lipinski definition) is 5. The summed E-state index contributed by atoms with van der Waals surface area (Å²) in [5.74, 6) is 0.807. The summed E-state index contributed by atoms with van der Waals surface area (Å²) in [7, 11) is 3.00. The predicted molar refractivity (Wildman–Crippen MR) is 127 cm³/mol. The van der Waals surface area contributed by atoms with Crippen molar-refractivity contribution in [2.45, 2.75) is 38.3 Å². The standard InChI is InChI=1S/C26H24F3N3O4/c1-35-17-11-15(12-18(14-17)36-2)24-19-5-3-6-20(19)25(34)32(30-24)22-13-16(31-10-4-7-23(31)33)8-9-21(22)26(27,28)29/h8-9,11-14H,3-7,10H2,1-2H3. The molecule has 0 radical (unpaired) electrons. The fourth-order valence-corrected chi connectivity index (χ4v) is 4.94. The van der Waals surface area contributed by atoms with Crippen LogP contribution in [0.15, 0.2) is 41.2 Å². The zero-order valence-electron chi connectivity index (χ0n) is 19.8. The first-order chi connectivity index (χ1) is 17.2. The molecule has 0 atom stereocenters. The molecular weight excluding hydrogens is 475 g/mol. The van der Waals surface area contributed by atoms with Crippen molar-refractivity contribution in [2.24, 2.45) is 0 Å². The van der Waals surface area contributed by atoms with Gasteiger partial charge in [-0.05, 0) is 61.6 Å². The van der Waals surface area contributed by atoms with Crippen LogP contribution in [-0.4, -0.2) is 36.5 Å². The molecule has 1 aliphatic carbocycles. The fourth-order valence-electron chi connectivity index (χ4n) is 4.94. The average Bonchev–Trinajstić information content (AvgIpc) is 3.52. The highest BCUT2D eigenvalue weighted by atomic mass is 19.4. The molecule has 7 nitrogen and oxygen atoms in total. The lowest BCUT2D eigenvalue weighted by atomic mass is 10.0. The lowest BCUT2D eigenvalue weighted by molar-refractivity contribution is -0.137. The molecular formula is C26H24F3N3O4. The molecule has 5 rings (SSSR count). The molecule has 1 fully saturated rings. The Kier molecular flexibility index (Phi) is 5.97. The number of hydrogen-bond donors (Lipinski definition) is 0. The Bertz CT molecular complexity index is 1390. The number of methoxy groups -OCH3 is 2. The summed E-state index contributed by atoms with van der Waals surface area (Å²) >= 11 is 0. The summed E-state index contributed by atoms with van der Waals surface area (Å²) in [4.78, 5) is 27.2. The maximum atomic E-state index is 14.1. The minimum atomic E-state index is -4.73. The van der Waals surface area contributed by atoms with Gasteiger partial charge in [0.15, 0.2) is 0 Å². The van der Waals surface area contributed by atoms with Crippen molar-refractivity contribution in [3.8, 4) is 28.4 Å². The van der Waals surface area contributed by atoms with Crippen LogP contribution in [0.5, 0.6) is 11.5 Å². The molecule has 1 amide bonds. The lowest BCUT2D eigenvalue weighted by Crippen LogP contribution is -2.29. The third-order valence-electron chi connectivity index (χ3n) is 6.68. The number of aromatic nitrogens is 2. The Morgan fingerprint density at radius 2 is 1.58 bits per heavy atom. The third-order valence-corrected chi connectivity index (χ3v) is 6.68. The van der Waals surface area contributed by atoms with Crippen LogP contribution in [0.25, 0.3) is 16.9 Å². The Labute approximate surface area is 205 Å². The number of amides is 1. The number of nitrogens with zero attached hydrogens (tertiary/aromatic N) is 3. The number of carbonyl (C=O) groups excluding carboxylic acids is 1. The highest BCUT2D eigenvalue weighted by molar-refractivity contribution is 5.95. The molecule has 0 bridgehead atoms. The molecule has 188 valence electrons. The number of carbonyl (C=O) groups is 1. The summed E-state index contributed by atoms with van der Waals surface area (Å²) in [5.41, 5.74) is 0.432. The van der Waals surface area contributed by atoms with Gasteiger partial charge in [0.05, 0.1) is 31.2 Å². The van der Waals surface area contributed by atoms with Gasteiger partial charge in [-0.3, -0.25) is 9.59 Å². The molecule has 0 saturated carbocycles. The molecule has 0 unspecified atom stereocenters. The highest BCUT2D eigenvalue weighted by Crippen LogP contribution is 2.38. The van der Waals surface area contributed by atoms with Crippen LogP contribution >= 0.6 is 0 Å². The minimum Gasteiger partial charge on any atom is -0.497 e. The first kappa shape index (κ1) is 23.9. The van der Waals surface area contributed by atoms with Gasteiger partial charge in [0, 0.05) is 35.8 Å². The van der Waals surface area contributed by atoms with Crippen LogP contribution < -0.4 is 19.9 Å². The summed E-state index contributed by atoms with van der Waals surface area (Å²) < 4.78 is 53.8. The first-order valence-electron chi connectivity index (χ1n) is 11.6. The van der Waals surface area contributed by atoms with Gasteiger partial charge in [-0.2, -0.15) is 23.0 Å². The number of ether oxygens (including phenoxy) is 2. The van der Waals surface area contributed by atoms with Crippen LogP contribution in [0.3, 0.4) is 0 Å². The van der Waals surface area contributed by atoms with Crippen LogP contribution in [0.2, 0.25) is 0 Å². The molecule has 1 aromatic heterocycles. The van der Waals surface area contributed by atoms with Crippen molar-refractivity contribution in [2.75, 3.05) is 25.7 Å². The third kappa shape index (κ3) is 4.10. The van der Waals surface area contributed by atoms with Gasteiger partial charge < -0.3 is 14.4 Å². The van der Waals surface area contributed by atoms with E-state index in [1.165, 1.54) is 31.3 Å². The second-order valence-electron chi connectivity index (χ2n) is 8.83. The quantitative estimate of drug-likeness (QED) is 0.515. The van der Waals surface area contributed by atoms with E-state index in [2.05, 4.69) is 5.10 Å². The van der Waals surface area contributed by atoms with E-state index >= 15 is 0 Å². The normalized spacial score (nSPS) is 15.4. The van der Waals surface area contributed by atoms with E-state index in [9.17, 15) is 22.8 Å². The molecule has 0 N–H and O–H groups in total. The van der Waals surface area contributed by atoms with E-state index < -0.39 is 23.0 Å². The van der Waals surface area contributed by atoms with E-state index in [1.54, 1.807) is 18.2 Å². The van der Waals surface area contributed by atoms with Gasteiger partial charge in [0.2, 0.25) is 5.91 Å². The Morgan fingerprint density at radius 3 is 2.19 bits per heavy atom. The maximum absolute atomic E-state index is 14.1. The average molecular weight is 499 g/mol. The van der Waals surface area contributed by atoms with Crippen LogP contribution in [0, 0.1) is 0 Å². The van der Waals surface area contributed by atoms with Crippen LogP contribution in [0.1, 0.15) is 36.0 Å². The zero-order chi connectivity index (χ0) is 25.6. The molecule has 0 spiro atoms. The summed E-state index contributed by atoms with van der Waals surface area (Å²) in [6.45, 7) is 0.408. The molecule has 1 aliphatic heterocycles. The van der Waals surface area contributed by atoms with E-state index in [0.29, 0.717) is 78.2 Å². The minimum absolute atomic E-state index is 0.167. The lowest BCUT2D eigenvalue weighted by Gasteiger charge is -2.21. The van der Waals surface area contributed by atoms with Gasteiger partial charge in [-0.1, -0.05) is 0 Å². The van der Waals surface area contributed by atoms with E-state index in [0.717, 1.165) is 10.7 Å². The first-order valence-corrected chi connectivity index (χ1v) is 11.6. The van der Waals surface area contributed by atoms with Crippen LogP contribution in [0.4, 0.5) is 18.9 Å². The number of alkyl halides is 3. The van der Waals surface area contributed by atoms with Crippen molar-refractivity contribution >= 4 is 11.6 Å². The maximum Gasteiger partial charge on any atom is 0.418 e. The Balaban J connectivity index is 1.77. The molecule has 3 aromatic rings. The van der Waals surface area contributed by atoms with Crippen LogP contribution in [-0.2, 0) is 23.8 Å². The topological polar surface area (TPSA) is 73.7 Å². The van der Waals surface area contributed by atoms with E-state index in [4.69, 9.17) is 9.47 Å². The van der Waals surface area contributed by atoms with Crippen molar-refractivity contribution in [3.05, 3.63) is 63.4 Å². The number of halogens is 3. The predicted octanol–water partition coefficient (Wildman–Crippen LogP) is 4.55.